The molecular formula is C66H133Cl2NO32S. The van der Waals surface area contributed by atoms with E-state index in [1.165, 1.54) is 0 Å². The Morgan fingerprint density at radius 3 is 0.412 bits per heavy atom. The first-order valence-corrected chi connectivity index (χ1v) is 38.3. The van der Waals surface area contributed by atoms with Gasteiger partial charge in [-0.05, 0) is 43.8 Å². The molecule has 0 rings (SSSR count). The third kappa shape index (κ3) is 88.2. The highest BCUT2D eigenvalue weighted by molar-refractivity contribution is 7.91. The van der Waals surface area contributed by atoms with Gasteiger partial charge in [0.15, 0.2) is 9.84 Å². The Balaban J connectivity index is 3.13. The molecule has 0 saturated heterocycles. The van der Waals surface area contributed by atoms with Crippen molar-refractivity contribution in [2.45, 2.75) is 25.8 Å². The van der Waals surface area contributed by atoms with Crippen molar-refractivity contribution in [3.63, 3.8) is 0 Å². The molecule has 33 nitrogen and oxygen atoms in total. The van der Waals surface area contributed by atoms with Gasteiger partial charge in [0, 0.05) is 12.6 Å². The van der Waals surface area contributed by atoms with Crippen molar-refractivity contribution in [1.82, 2.24) is 3.94 Å². The summed E-state index contributed by atoms with van der Waals surface area (Å²) in [6, 6.07) is 0. The molecule has 0 spiro atoms. The van der Waals surface area contributed by atoms with E-state index in [4.69, 9.17) is 166 Å². The molecule has 0 heterocycles. The van der Waals surface area contributed by atoms with Crippen molar-refractivity contribution in [2.75, 3.05) is 408 Å². The summed E-state index contributed by atoms with van der Waals surface area (Å²) in [5.74, 6) is -0.0980. The number of hydrogen-bond donors (Lipinski definition) is 0. The SMILES string of the molecule is COCCOCCOCCOCCOCCOCCOCCOCCOCCOCCOCCOCCOCCOCCOCCOCCOCCOCCOCCOCCOCCOCCOCCOCCOCCOCCOCCOCCOCCOCCS(=O)(=O)CCC(C)(C)N(Cl)Cl. The monoisotopic (exact) mass is 1550 g/mol. The predicted molar refractivity (Wildman–Crippen MR) is 377 cm³/mol. The average Bonchev–Trinajstić information content (AvgIpc) is 0.884. The summed E-state index contributed by atoms with van der Waals surface area (Å²) in [7, 11) is -1.63. The third-order valence-electron chi connectivity index (χ3n) is 12.9. The highest BCUT2D eigenvalue weighted by Gasteiger charge is 2.27. The van der Waals surface area contributed by atoms with Gasteiger partial charge in [0.05, 0.1) is 401 Å². The molecule has 0 amide bonds. The number of ether oxygens (including phenoxy) is 30. The summed E-state index contributed by atoms with van der Waals surface area (Å²) >= 11 is 11.5. The van der Waals surface area contributed by atoms with Crippen LogP contribution in [0.3, 0.4) is 0 Å². The van der Waals surface area contributed by atoms with Crippen LogP contribution < -0.4 is 0 Å². The molecule has 0 fully saturated rings. The van der Waals surface area contributed by atoms with E-state index in [1.807, 2.05) is 0 Å². The van der Waals surface area contributed by atoms with E-state index in [1.54, 1.807) is 21.0 Å². The fourth-order valence-corrected chi connectivity index (χ4v) is 8.74. The summed E-state index contributed by atoms with van der Waals surface area (Å²) in [5.41, 5.74) is -0.642. The van der Waals surface area contributed by atoms with Crippen LogP contribution in [0.25, 0.3) is 0 Å². The van der Waals surface area contributed by atoms with Gasteiger partial charge in [0.2, 0.25) is 0 Å². The van der Waals surface area contributed by atoms with Crippen LogP contribution in [0.2, 0.25) is 0 Å². The maximum atomic E-state index is 12.2. The number of sulfone groups is 1. The van der Waals surface area contributed by atoms with Gasteiger partial charge in [0.1, 0.15) is 0 Å². The van der Waals surface area contributed by atoms with Crippen molar-refractivity contribution in [1.29, 1.82) is 0 Å². The van der Waals surface area contributed by atoms with Crippen molar-refractivity contribution >= 4 is 33.4 Å². The lowest BCUT2D eigenvalue weighted by Gasteiger charge is -2.27. The van der Waals surface area contributed by atoms with Gasteiger partial charge in [0.25, 0.3) is 0 Å². The minimum absolute atomic E-state index is 0.0250. The van der Waals surface area contributed by atoms with E-state index in [9.17, 15) is 8.42 Å². The average molecular weight is 1560 g/mol. The lowest BCUT2D eigenvalue weighted by atomic mass is 10.0. The summed E-state index contributed by atoms with van der Waals surface area (Å²) in [5, 5.41) is 0. The molecule has 0 N–H and O–H groups in total. The quantitative estimate of drug-likeness (QED) is 0.0623. The standard InChI is InChI=1S/C66H133Cl2NO32S/c1-66(2,69(67)68)4-64-102(70,71)65-63-101-62-61-100-60-59-99-58-57-98-56-55-97-54-53-96-52-51-95-50-49-94-48-47-93-46-45-92-44-43-91-42-41-90-40-39-89-38-37-88-36-35-87-34-33-86-32-31-85-30-29-84-28-27-83-26-25-82-24-23-81-22-21-80-20-19-79-18-17-78-16-15-77-14-13-76-12-11-75-10-9-74-8-7-73-6-5-72-3/h4-65H2,1-3H3. The molecule has 614 valence electrons. The van der Waals surface area contributed by atoms with Crippen molar-refractivity contribution < 1.29 is 151 Å². The fourth-order valence-electron chi connectivity index (χ4n) is 7.18. The maximum Gasteiger partial charge on any atom is 0.152 e. The van der Waals surface area contributed by atoms with Gasteiger partial charge < -0.3 is 142 Å². The molecule has 0 radical (unpaired) electrons. The largest absolute Gasteiger partial charge is 0.382 e. The molecule has 0 aromatic heterocycles. The van der Waals surface area contributed by atoms with Crippen molar-refractivity contribution in [3.05, 3.63) is 0 Å². The van der Waals surface area contributed by atoms with Gasteiger partial charge in [-0.15, -0.1) is 3.94 Å². The second kappa shape index (κ2) is 87.5. The van der Waals surface area contributed by atoms with Gasteiger partial charge in [-0.1, -0.05) is 0 Å². The zero-order valence-electron chi connectivity index (χ0n) is 62.0. The molecule has 0 aromatic carbocycles. The van der Waals surface area contributed by atoms with Crippen LogP contribution in [0.15, 0.2) is 0 Å². The molecule has 0 aliphatic carbocycles. The van der Waals surface area contributed by atoms with Crippen LogP contribution in [0, 0.1) is 0 Å². The summed E-state index contributed by atoms with van der Waals surface area (Å²) in [4.78, 5) is 0. The zero-order valence-corrected chi connectivity index (χ0v) is 64.3. The summed E-state index contributed by atoms with van der Waals surface area (Å²) in [6.07, 6.45) is 0.310. The van der Waals surface area contributed by atoms with Gasteiger partial charge >= 0.3 is 0 Å². The number of nitrogens with zero attached hydrogens (tertiary/aromatic N) is 1. The first-order chi connectivity index (χ1) is 50.2. The lowest BCUT2D eigenvalue weighted by molar-refractivity contribution is -0.0324. The first kappa shape index (κ1) is 101. The summed E-state index contributed by atoms with van der Waals surface area (Å²) in [6.45, 7) is 31.2. The van der Waals surface area contributed by atoms with Crippen LogP contribution in [0.1, 0.15) is 20.3 Å². The minimum Gasteiger partial charge on any atom is -0.382 e. The van der Waals surface area contributed by atoms with Gasteiger partial charge in [-0.3, -0.25) is 0 Å². The van der Waals surface area contributed by atoms with Crippen LogP contribution in [-0.4, -0.2) is 426 Å². The van der Waals surface area contributed by atoms with E-state index in [0.29, 0.717) is 390 Å². The van der Waals surface area contributed by atoms with Crippen LogP contribution in [-0.2, 0) is 152 Å². The van der Waals surface area contributed by atoms with E-state index < -0.39 is 15.4 Å². The van der Waals surface area contributed by atoms with E-state index in [-0.39, 0.29) is 18.1 Å². The molecule has 0 bridgehead atoms. The Kier molecular flexibility index (Phi) is 86.9. The topological polar surface area (TPSA) is 314 Å². The highest BCUT2D eigenvalue weighted by Crippen LogP contribution is 2.24. The zero-order chi connectivity index (χ0) is 73.6. The van der Waals surface area contributed by atoms with Crippen LogP contribution in [0.4, 0.5) is 0 Å². The summed E-state index contributed by atoms with van der Waals surface area (Å²) < 4.78 is 190. The van der Waals surface area contributed by atoms with E-state index in [0.717, 1.165) is 3.94 Å². The Morgan fingerprint density at radius 1 is 0.196 bits per heavy atom. The minimum atomic E-state index is -3.27. The predicted octanol–water partition coefficient (Wildman–Crippen LogP) is 2.31. The molecule has 0 aromatic rings. The first-order valence-electron chi connectivity index (χ1n) is 35.8. The number of rotatable bonds is 94. The van der Waals surface area contributed by atoms with Crippen LogP contribution in [0.5, 0.6) is 0 Å². The fraction of sp³-hybridized carbons (Fsp3) is 1.00. The molecule has 0 atom stereocenters. The third-order valence-corrected chi connectivity index (χ3v) is 15.4. The van der Waals surface area contributed by atoms with E-state index in [2.05, 4.69) is 0 Å². The van der Waals surface area contributed by atoms with Crippen LogP contribution >= 0.6 is 23.6 Å². The Morgan fingerprint density at radius 2 is 0.304 bits per heavy atom. The molecule has 0 unspecified atom stereocenters. The highest BCUT2D eigenvalue weighted by atomic mass is 35.5. The molecule has 0 saturated carbocycles. The molecule has 0 aliphatic heterocycles. The smallest absolute Gasteiger partial charge is 0.152 e. The number of hydrogen-bond acceptors (Lipinski definition) is 33. The van der Waals surface area contributed by atoms with Crippen molar-refractivity contribution in [3.8, 4) is 0 Å². The van der Waals surface area contributed by atoms with E-state index >= 15 is 0 Å². The van der Waals surface area contributed by atoms with Gasteiger partial charge in [-0.25, -0.2) is 8.42 Å². The van der Waals surface area contributed by atoms with Gasteiger partial charge in [-0.2, -0.15) is 0 Å². The molecule has 36 heteroatoms. The maximum absolute atomic E-state index is 12.2. The second-order valence-electron chi connectivity index (χ2n) is 21.7. The Bertz CT molecular complexity index is 1680. The normalized spacial score (nSPS) is 12.2. The second-order valence-corrected chi connectivity index (χ2v) is 24.9. The Labute approximate surface area is 619 Å². The number of halogens is 2. The van der Waals surface area contributed by atoms with Crippen molar-refractivity contribution in [2.24, 2.45) is 0 Å². The number of methoxy groups -OCH3 is 1. The Hall–Kier alpha value is -0.710. The molecule has 102 heavy (non-hydrogen) atoms. The molecular weight excluding hydrogens is 1420 g/mol. The lowest BCUT2D eigenvalue weighted by Crippen LogP contribution is -2.34. The molecule has 0 aliphatic rings.